The first kappa shape index (κ1) is 16.5. The maximum Gasteiger partial charge on any atom is 0.226 e. The molecule has 0 bridgehead atoms. The van der Waals surface area contributed by atoms with Crippen LogP contribution >= 0.6 is 0 Å². The summed E-state index contributed by atoms with van der Waals surface area (Å²) in [4.78, 5) is 16.8. The van der Waals surface area contributed by atoms with Crippen molar-refractivity contribution in [3.63, 3.8) is 0 Å². The first-order valence-electron chi connectivity index (χ1n) is 9.17. The average molecular weight is 319 g/mol. The minimum atomic E-state index is 0.104. The molecular weight excluding hydrogens is 290 g/mol. The van der Waals surface area contributed by atoms with Gasteiger partial charge in [0.2, 0.25) is 5.91 Å². The summed E-state index contributed by atoms with van der Waals surface area (Å²) in [5, 5.41) is 3.10. The molecule has 0 radical (unpaired) electrons. The van der Waals surface area contributed by atoms with Crippen molar-refractivity contribution in [2.75, 3.05) is 13.2 Å². The van der Waals surface area contributed by atoms with Crippen molar-refractivity contribution in [3.8, 4) is 0 Å². The second-order valence-electron chi connectivity index (χ2n) is 6.88. The van der Waals surface area contributed by atoms with E-state index in [1.165, 1.54) is 12.8 Å². The fraction of sp³-hybridized carbons (Fsp3) is 0.778. The van der Waals surface area contributed by atoms with Crippen molar-refractivity contribution in [2.24, 2.45) is 5.92 Å². The molecule has 1 fully saturated rings. The van der Waals surface area contributed by atoms with Crippen molar-refractivity contribution in [3.05, 3.63) is 17.7 Å². The number of carbonyl (C=O) groups excluding carboxylic acids is 1. The number of carbonyl (C=O) groups is 1. The lowest BCUT2D eigenvalue weighted by molar-refractivity contribution is -0.120. The van der Waals surface area contributed by atoms with Gasteiger partial charge in [-0.15, -0.1) is 0 Å². The molecule has 0 spiro atoms. The zero-order valence-corrected chi connectivity index (χ0v) is 14.2. The molecule has 0 aromatic carbocycles. The smallest absolute Gasteiger partial charge is 0.226 e. The SMILES string of the molecule is CCOC1CCC(CNC(=O)Cc2cn3c(n2)CCCC3)CC1. The fourth-order valence-corrected chi connectivity index (χ4v) is 3.78. The average Bonchev–Trinajstić information content (AvgIpc) is 2.96. The lowest BCUT2D eigenvalue weighted by Crippen LogP contribution is -2.33. The molecule has 1 amide bonds. The predicted octanol–water partition coefficient (Wildman–Crippen LogP) is 2.47. The Hall–Kier alpha value is -1.36. The summed E-state index contributed by atoms with van der Waals surface area (Å²) in [5.74, 6) is 1.85. The van der Waals surface area contributed by atoms with E-state index >= 15 is 0 Å². The molecule has 0 atom stereocenters. The van der Waals surface area contributed by atoms with E-state index < -0.39 is 0 Å². The van der Waals surface area contributed by atoms with Crippen LogP contribution in [0.2, 0.25) is 0 Å². The van der Waals surface area contributed by atoms with Crippen LogP contribution in [0, 0.1) is 5.92 Å². The third kappa shape index (κ3) is 4.56. The Labute approximate surface area is 138 Å². The van der Waals surface area contributed by atoms with Crippen molar-refractivity contribution in [2.45, 2.75) is 70.9 Å². The van der Waals surface area contributed by atoms with Crippen molar-refractivity contribution in [1.82, 2.24) is 14.9 Å². The Balaban J connectivity index is 1.39. The molecule has 0 unspecified atom stereocenters. The summed E-state index contributed by atoms with van der Waals surface area (Å²) in [5.41, 5.74) is 0.916. The summed E-state index contributed by atoms with van der Waals surface area (Å²) in [6.45, 7) is 4.71. The molecule has 1 saturated carbocycles. The Kier molecular flexibility index (Phi) is 5.70. The van der Waals surface area contributed by atoms with E-state index in [9.17, 15) is 4.79 Å². The zero-order valence-electron chi connectivity index (χ0n) is 14.2. The highest BCUT2D eigenvalue weighted by Crippen LogP contribution is 2.25. The largest absolute Gasteiger partial charge is 0.379 e. The van der Waals surface area contributed by atoms with Crippen molar-refractivity contribution >= 4 is 5.91 Å². The Bertz CT molecular complexity index is 495. The van der Waals surface area contributed by atoms with Gasteiger partial charge in [-0.05, 0) is 51.4 Å². The van der Waals surface area contributed by atoms with Gasteiger partial charge in [-0.2, -0.15) is 0 Å². The van der Waals surface area contributed by atoms with Crippen LogP contribution < -0.4 is 5.32 Å². The normalized spacial score (nSPS) is 24.2. The van der Waals surface area contributed by atoms with Gasteiger partial charge in [0.15, 0.2) is 0 Å². The number of ether oxygens (including phenoxy) is 1. The van der Waals surface area contributed by atoms with Gasteiger partial charge in [-0.25, -0.2) is 4.98 Å². The van der Waals surface area contributed by atoms with Gasteiger partial charge >= 0.3 is 0 Å². The minimum Gasteiger partial charge on any atom is -0.379 e. The van der Waals surface area contributed by atoms with Crippen LogP contribution in [0.15, 0.2) is 6.20 Å². The van der Waals surface area contributed by atoms with Crippen LogP contribution in [0.3, 0.4) is 0 Å². The highest BCUT2D eigenvalue weighted by Gasteiger charge is 2.22. The van der Waals surface area contributed by atoms with Crippen molar-refractivity contribution in [1.29, 1.82) is 0 Å². The van der Waals surface area contributed by atoms with Gasteiger partial charge in [0, 0.05) is 32.3 Å². The number of nitrogens with one attached hydrogen (secondary N) is 1. The number of aryl methyl sites for hydroxylation is 2. The molecule has 2 aliphatic rings. The summed E-state index contributed by atoms with van der Waals surface area (Å²) in [6.07, 6.45) is 11.0. The highest BCUT2D eigenvalue weighted by atomic mass is 16.5. The topological polar surface area (TPSA) is 56.1 Å². The molecule has 128 valence electrons. The van der Waals surface area contributed by atoms with Gasteiger partial charge in [0.1, 0.15) is 5.82 Å². The molecule has 5 heteroatoms. The molecule has 1 aromatic rings. The maximum absolute atomic E-state index is 12.1. The van der Waals surface area contributed by atoms with Crippen LogP contribution in [-0.2, 0) is 28.9 Å². The second-order valence-corrected chi connectivity index (χ2v) is 6.88. The molecule has 3 rings (SSSR count). The summed E-state index contributed by atoms with van der Waals surface area (Å²) >= 11 is 0. The molecule has 1 aromatic heterocycles. The van der Waals surface area contributed by atoms with E-state index in [2.05, 4.69) is 28.0 Å². The Morgan fingerprint density at radius 2 is 2.17 bits per heavy atom. The highest BCUT2D eigenvalue weighted by molar-refractivity contribution is 5.78. The fourth-order valence-electron chi connectivity index (χ4n) is 3.78. The van der Waals surface area contributed by atoms with Gasteiger partial charge in [-0.3, -0.25) is 4.79 Å². The van der Waals surface area contributed by atoms with E-state index in [-0.39, 0.29) is 5.91 Å². The van der Waals surface area contributed by atoms with Gasteiger partial charge in [-0.1, -0.05) is 0 Å². The van der Waals surface area contributed by atoms with Crippen LogP contribution in [-0.4, -0.2) is 34.7 Å². The van der Waals surface area contributed by atoms with Crippen LogP contribution in [0.4, 0.5) is 0 Å². The van der Waals surface area contributed by atoms with E-state index in [0.717, 1.165) is 63.3 Å². The second kappa shape index (κ2) is 7.95. The van der Waals surface area contributed by atoms with Gasteiger partial charge in [0.05, 0.1) is 18.2 Å². The molecule has 0 saturated heterocycles. The summed E-state index contributed by atoms with van der Waals surface area (Å²) < 4.78 is 7.89. The standard InChI is InChI=1S/C18H29N3O2/c1-2-23-16-8-6-14(7-9-16)12-19-18(22)11-15-13-21-10-4-3-5-17(21)20-15/h13-14,16H,2-12H2,1H3,(H,19,22). The maximum atomic E-state index is 12.1. The van der Waals surface area contributed by atoms with Crippen LogP contribution in [0.5, 0.6) is 0 Å². The van der Waals surface area contributed by atoms with E-state index in [0.29, 0.717) is 18.4 Å². The lowest BCUT2D eigenvalue weighted by atomic mass is 9.87. The first-order chi connectivity index (χ1) is 11.2. The number of nitrogens with zero attached hydrogens (tertiary/aromatic N) is 2. The predicted molar refractivity (Wildman–Crippen MR) is 89.3 cm³/mol. The molecular formula is C18H29N3O2. The number of imidazole rings is 1. The number of fused-ring (bicyclic) bond motifs is 1. The first-order valence-corrected chi connectivity index (χ1v) is 9.17. The number of rotatable bonds is 6. The minimum absolute atomic E-state index is 0.104. The molecule has 5 nitrogen and oxygen atoms in total. The number of hydrogen-bond donors (Lipinski definition) is 1. The number of aromatic nitrogens is 2. The number of amides is 1. The summed E-state index contributed by atoms with van der Waals surface area (Å²) in [6, 6.07) is 0. The van der Waals surface area contributed by atoms with E-state index in [1.54, 1.807) is 0 Å². The van der Waals surface area contributed by atoms with Crippen LogP contribution in [0.1, 0.15) is 57.0 Å². The Morgan fingerprint density at radius 3 is 2.91 bits per heavy atom. The van der Waals surface area contributed by atoms with Gasteiger partial charge < -0.3 is 14.6 Å². The lowest BCUT2D eigenvalue weighted by Gasteiger charge is -2.28. The molecule has 1 aliphatic carbocycles. The zero-order chi connectivity index (χ0) is 16.1. The third-order valence-electron chi connectivity index (χ3n) is 5.08. The monoisotopic (exact) mass is 319 g/mol. The van der Waals surface area contributed by atoms with Crippen molar-refractivity contribution < 1.29 is 9.53 Å². The third-order valence-corrected chi connectivity index (χ3v) is 5.08. The molecule has 2 heterocycles. The summed E-state index contributed by atoms with van der Waals surface area (Å²) in [7, 11) is 0. The van der Waals surface area contributed by atoms with Gasteiger partial charge in [0.25, 0.3) is 0 Å². The Morgan fingerprint density at radius 1 is 1.35 bits per heavy atom. The molecule has 1 N–H and O–H groups in total. The van der Waals surface area contributed by atoms with Crippen LogP contribution in [0.25, 0.3) is 0 Å². The van der Waals surface area contributed by atoms with E-state index in [1.807, 2.05) is 0 Å². The quantitative estimate of drug-likeness (QED) is 0.876. The molecule has 23 heavy (non-hydrogen) atoms. The van der Waals surface area contributed by atoms with E-state index in [4.69, 9.17) is 4.74 Å². The number of hydrogen-bond acceptors (Lipinski definition) is 3. The molecule has 1 aliphatic heterocycles.